The Morgan fingerprint density at radius 1 is 1.24 bits per heavy atom. The molecule has 0 unspecified atom stereocenters. The third-order valence-corrected chi connectivity index (χ3v) is 4.82. The number of rotatable bonds is 6. The van der Waals surface area contributed by atoms with E-state index in [1.54, 1.807) is 12.1 Å². The van der Waals surface area contributed by atoms with Crippen LogP contribution in [0.5, 0.6) is 0 Å². The summed E-state index contributed by atoms with van der Waals surface area (Å²) in [4.78, 5) is 11.8. The molecule has 0 saturated heterocycles. The van der Waals surface area contributed by atoms with Crippen LogP contribution >= 0.6 is 11.8 Å². The molecule has 1 aliphatic rings. The Kier molecular flexibility index (Phi) is 6.51. The Morgan fingerprint density at radius 2 is 1.90 bits per heavy atom. The van der Waals surface area contributed by atoms with Crippen LogP contribution in [0, 0.1) is 11.7 Å². The number of thioether (sulfide) groups is 1. The van der Waals surface area contributed by atoms with Crippen LogP contribution in [-0.2, 0) is 10.5 Å². The molecule has 0 atom stereocenters. The first-order chi connectivity index (χ1) is 10.1. The van der Waals surface area contributed by atoms with Crippen LogP contribution in [0.25, 0.3) is 0 Å². The summed E-state index contributed by atoms with van der Waals surface area (Å²) in [7, 11) is 0. The van der Waals surface area contributed by atoms with Gasteiger partial charge >= 0.3 is 0 Å². The van der Waals surface area contributed by atoms with E-state index in [0.717, 1.165) is 31.2 Å². The van der Waals surface area contributed by atoms with Gasteiger partial charge in [-0.3, -0.25) is 4.79 Å². The van der Waals surface area contributed by atoms with Crippen molar-refractivity contribution in [3.63, 3.8) is 0 Å². The van der Waals surface area contributed by atoms with Gasteiger partial charge in [-0.1, -0.05) is 12.1 Å². The van der Waals surface area contributed by atoms with Gasteiger partial charge in [0.05, 0.1) is 11.9 Å². The van der Waals surface area contributed by atoms with E-state index in [1.807, 2.05) is 0 Å². The number of carbonyl (C=O) groups is 1. The molecular formula is C16H22FNO2S. The maximum atomic E-state index is 12.8. The van der Waals surface area contributed by atoms with Crippen LogP contribution in [0.4, 0.5) is 4.39 Å². The second kappa shape index (κ2) is 8.39. The van der Waals surface area contributed by atoms with Crippen molar-refractivity contribution in [1.29, 1.82) is 0 Å². The monoisotopic (exact) mass is 311 g/mol. The van der Waals surface area contributed by atoms with Gasteiger partial charge in [-0.25, -0.2) is 4.39 Å². The van der Waals surface area contributed by atoms with Crippen molar-refractivity contribution in [3.8, 4) is 0 Å². The summed E-state index contributed by atoms with van der Waals surface area (Å²) in [6.07, 6.45) is 3.52. The van der Waals surface area contributed by atoms with Crippen LogP contribution < -0.4 is 5.32 Å². The summed E-state index contributed by atoms with van der Waals surface area (Å²) in [5.41, 5.74) is 1.02. The molecular weight excluding hydrogens is 289 g/mol. The highest BCUT2D eigenvalue weighted by molar-refractivity contribution is 7.99. The molecule has 1 aromatic carbocycles. The molecule has 0 aliphatic heterocycles. The molecule has 1 fully saturated rings. The van der Waals surface area contributed by atoms with Gasteiger partial charge in [-0.05, 0) is 49.3 Å². The molecule has 0 aromatic heterocycles. The first-order valence-corrected chi connectivity index (χ1v) is 8.56. The zero-order valence-electron chi connectivity index (χ0n) is 12.1. The summed E-state index contributed by atoms with van der Waals surface area (Å²) in [6, 6.07) is 6.36. The average Bonchev–Trinajstić information content (AvgIpc) is 2.49. The Morgan fingerprint density at radius 3 is 2.57 bits per heavy atom. The predicted octanol–water partition coefficient (Wildman–Crippen LogP) is 2.73. The van der Waals surface area contributed by atoms with Crippen molar-refractivity contribution in [1.82, 2.24) is 5.32 Å². The van der Waals surface area contributed by atoms with Crippen molar-refractivity contribution in [2.45, 2.75) is 37.5 Å². The molecule has 2 N–H and O–H groups in total. The fourth-order valence-corrected chi connectivity index (χ4v) is 3.32. The van der Waals surface area contributed by atoms with E-state index in [9.17, 15) is 14.3 Å². The van der Waals surface area contributed by atoms with Gasteiger partial charge in [0.2, 0.25) is 5.91 Å². The van der Waals surface area contributed by atoms with E-state index in [0.29, 0.717) is 24.0 Å². The lowest BCUT2D eigenvalue weighted by Crippen LogP contribution is -2.33. The topological polar surface area (TPSA) is 49.3 Å². The lowest BCUT2D eigenvalue weighted by molar-refractivity contribution is -0.118. The fourth-order valence-electron chi connectivity index (χ4n) is 2.50. The number of aliphatic hydroxyl groups is 1. The van der Waals surface area contributed by atoms with Gasteiger partial charge in [0.15, 0.2) is 0 Å². The number of carbonyl (C=O) groups excluding carboxylic acids is 1. The van der Waals surface area contributed by atoms with Gasteiger partial charge in [-0.2, -0.15) is 0 Å². The van der Waals surface area contributed by atoms with Crippen molar-refractivity contribution in [2.24, 2.45) is 5.92 Å². The van der Waals surface area contributed by atoms with Gasteiger partial charge in [0.25, 0.3) is 0 Å². The molecule has 3 nitrogen and oxygen atoms in total. The quantitative estimate of drug-likeness (QED) is 0.849. The molecule has 0 bridgehead atoms. The van der Waals surface area contributed by atoms with Crippen LogP contribution in [0.3, 0.4) is 0 Å². The molecule has 0 spiro atoms. The van der Waals surface area contributed by atoms with Gasteiger partial charge in [0.1, 0.15) is 5.82 Å². The predicted molar refractivity (Wildman–Crippen MR) is 83.5 cm³/mol. The normalized spacial score (nSPS) is 22.0. The summed E-state index contributed by atoms with van der Waals surface area (Å²) in [5.74, 6) is 1.45. The maximum absolute atomic E-state index is 12.8. The summed E-state index contributed by atoms with van der Waals surface area (Å²) < 4.78 is 12.8. The standard InChI is InChI=1S/C16H22FNO2S/c17-14-5-1-13(2-6-14)10-21-11-16(20)18-9-12-3-7-15(19)8-4-12/h1-2,5-6,12,15,19H,3-4,7-11H2,(H,18,20). The van der Waals surface area contributed by atoms with E-state index in [-0.39, 0.29) is 17.8 Å². The lowest BCUT2D eigenvalue weighted by Gasteiger charge is -2.25. The number of amides is 1. The van der Waals surface area contributed by atoms with E-state index in [4.69, 9.17) is 0 Å². The average molecular weight is 311 g/mol. The van der Waals surface area contributed by atoms with Crippen LogP contribution in [0.15, 0.2) is 24.3 Å². The molecule has 1 saturated carbocycles. The van der Waals surface area contributed by atoms with Gasteiger partial charge < -0.3 is 10.4 Å². The summed E-state index contributed by atoms with van der Waals surface area (Å²) in [6.45, 7) is 0.711. The van der Waals surface area contributed by atoms with E-state index in [2.05, 4.69) is 5.32 Å². The minimum atomic E-state index is -0.237. The zero-order valence-corrected chi connectivity index (χ0v) is 12.9. The first kappa shape index (κ1) is 16.3. The van der Waals surface area contributed by atoms with Crippen LogP contribution in [-0.4, -0.2) is 29.4 Å². The Balaban J connectivity index is 1.58. The van der Waals surface area contributed by atoms with Gasteiger partial charge in [-0.15, -0.1) is 11.8 Å². The molecule has 1 aliphatic carbocycles. The highest BCUT2D eigenvalue weighted by atomic mass is 32.2. The minimum Gasteiger partial charge on any atom is -0.393 e. The third-order valence-electron chi connectivity index (χ3n) is 3.82. The molecule has 0 radical (unpaired) electrons. The minimum absolute atomic E-state index is 0.0493. The van der Waals surface area contributed by atoms with Crippen molar-refractivity contribution < 1.29 is 14.3 Å². The van der Waals surface area contributed by atoms with Gasteiger partial charge in [0, 0.05) is 12.3 Å². The van der Waals surface area contributed by atoms with Crippen molar-refractivity contribution in [2.75, 3.05) is 12.3 Å². The van der Waals surface area contributed by atoms with Crippen LogP contribution in [0.1, 0.15) is 31.2 Å². The number of nitrogens with one attached hydrogen (secondary N) is 1. The van der Waals surface area contributed by atoms with E-state index in [1.165, 1.54) is 23.9 Å². The molecule has 2 rings (SSSR count). The maximum Gasteiger partial charge on any atom is 0.230 e. The Hall–Kier alpha value is -1.07. The fraction of sp³-hybridized carbons (Fsp3) is 0.562. The third kappa shape index (κ3) is 6.06. The number of hydrogen-bond donors (Lipinski definition) is 2. The smallest absolute Gasteiger partial charge is 0.230 e. The highest BCUT2D eigenvalue weighted by Gasteiger charge is 2.19. The number of hydrogen-bond acceptors (Lipinski definition) is 3. The number of benzene rings is 1. The number of aliphatic hydroxyl groups excluding tert-OH is 1. The van der Waals surface area contributed by atoms with Crippen LogP contribution in [0.2, 0.25) is 0 Å². The van der Waals surface area contributed by atoms with Crippen molar-refractivity contribution in [3.05, 3.63) is 35.6 Å². The zero-order chi connectivity index (χ0) is 15.1. The van der Waals surface area contributed by atoms with Crippen molar-refractivity contribution >= 4 is 17.7 Å². The summed E-state index contributed by atoms with van der Waals surface area (Å²) in [5, 5.41) is 12.4. The largest absolute Gasteiger partial charge is 0.393 e. The van der Waals surface area contributed by atoms with E-state index < -0.39 is 0 Å². The van der Waals surface area contributed by atoms with E-state index >= 15 is 0 Å². The number of halogens is 1. The Bertz CT molecular complexity index is 444. The lowest BCUT2D eigenvalue weighted by atomic mass is 9.87. The SMILES string of the molecule is O=C(CSCc1ccc(F)cc1)NCC1CCC(O)CC1. The molecule has 0 heterocycles. The molecule has 5 heteroatoms. The highest BCUT2D eigenvalue weighted by Crippen LogP contribution is 2.23. The second-order valence-corrected chi connectivity index (χ2v) is 6.58. The Labute approximate surface area is 129 Å². The molecule has 21 heavy (non-hydrogen) atoms. The molecule has 1 aromatic rings. The summed E-state index contributed by atoms with van der Waals surface area (Å²) >= 11 is 1.53. The molecule has 116 valence electrons. The first-order valence-electron chi connectivity index (χ1n) is 7.40. The molecule has 1 amide bonds. The second-order valence-electron chi connectivity index (χ2n) is 5.60.